The van der Waals surface area contributed by atoms with E-state index in [4.69, 9.17) is 10.5 Å². The zero-order chi connectivity index (χ0) is 14.8. The standard InChI is InChI=1S/C13H14F3N3O/c1-9-3-2-4-12(11(9)5-17)20-10-6-18-19(7-10)8-13(14,15)16/h2-4,6-7H,5,8,17H2,1H3. The van der Waals surface area contributed by atoms with Crippen molar-refractivity contribution in [1.82, 2.24) is 9.78 Å². The van der Waals surface area contributed by atoms with Crippen molar-refractivity contribution in [2.24, 2.45) is 5.73 Å². The molecule has 4 nitrogen and oxygen atoms in total. The zero-order valence-corrected chi connectivity index (χ0v) is 10.8. The van der Waals surface area contributed by atoms with Crippen LogP contribution in [0.15, 0.2) is 30.6 Å². The van der Waals surface area contributed by atoms with E-state index in [9.17, 15) is 13.2 Å². The second kappa shape index (κ2) is 5.54. The summed E-state index contributed by atoms with van der Waals surface area (Å²) in [5.74, 6) is 0.772. The second-order valence-corrected chi connectivity index (χ2v) is 4.35. The molecule has 0 radical (unpaired) electrons. The molecular formula is C13H14F3N3O. The van der Waals surface area contributed by atoms with Crippen molar-refractivity contribution < 1.29 is 17.9 Å². The summed E-state index contributed by atoms with van der Waals surface area (Å²) in [6.07, 6.45) is -1.86. The fourth-order valence-electron chi connectivity index (χ4n) is 1.83. The average molecular weight is 285 g/mol. The van der Waals surface area contributed by atoms with Gasteiger partial charge in [-0.15, -0.1) is 0 Å². The molecular weight excluding hydrogens is 271 g/mol. The summed E-state index contributed by atoms with van der Waals surface area (Å²) in [4.78, 5) is 0. The van der Waals surface area contributed by atoms with E-state index in [0.717, 1.165) is 15.8 Å². The summed E-state index contributed by atoms with van der Waals surface area (Å²) in [6, 6.07) is 5.41. The quantitative estimate of drug-likeness (QED) is 0.939. The lowest BCUT2D eigenvalue weighted by molar-refractivity contribution is -0.142. The minimum absolute atomic E-state index is 0.245. The fourth-order valence-corrected chi connectivity index (χ4v) is 1.83. The Morgan fingerprint density at radius 3 is 2.75 bits per heavy atom. The third kappa shape index (κ3) is 3.51. The Balaban J connectivity index is 2.17. The molecule has 1 heterocycles. The van der Waals surface area contributed by atoms with Gasteiger partial charge in [0, 0.05) is 12.1 Å². The van der Waals surface area contributed by atoms with Gasteiger partial charge in [0.05, 0.1) is 12.4 Å². The van der Waals surface area contributed by atoms with Crippen LogP contribution in [0.5, 0.6) is 11.5 Å². The van der Waals surface area contributed by atoms with Crippen molar-refractivity contribution in [3.05, 3.63) is 41.7 Å². The number of hydrogen-bond acceptors (Lipinski definition) is 3. The minimum Gasteiger partial charge on any atom is -0.454 e. The minimum atomic E-state index is -4.31. The van der Waals surface area contributed by atoms with Gasteiger partial charge in [-0.1, -0.05) is 12.1 Å². The van der Waals surface area contributed by atoms with Crippen LogP contribution in [-0.4, -0.2) is 16.0 Å². The van der Waals surface area contributed by atoms with Crippen LogP contribution < -0.4 is 10.5 Å². The van der Waals surface area contributed by atoms with Crippen molar-refractivity contribution in [2.45, 2.75) is 26.2 Å². The van der Waals surface area contributed by atoms with Crippen molar-refractivity contribution in [1.29, 1.82) is 0 Å². The Morgan fingerprint density at radius 1 is 1.35 bits per heavy atom. The first-order valence-electron chi connectivity index (χ1n) is 5.94. The summed E-state index contributed by atoms with van der Waals surface area (Å²) in [6.45, 7) is 1.04. The number of hydrogen-bond donors (Lipinski definition) is 1. The first-order valence-corrected chi connectivity index (χ1v) is 5.94. The average Bonchev–Trinajstić information content (AvgIpc) is 2.74. The number of nitrogens with zero attached hydrogens (tertiary/aromatic N) is 2. The Morgan fingerprint density at radius 2 is 2.10 bits per heavy atom. The molecule has 0 atom stereocenters. The second-order valence-electron chi connectivity index (χ2n) is 4.35. The van der Waals surface area contributed by atoms with Gasteiger partial charge in [-0.3, -0.25) is 4.68 Å². The predicted molar refractivity (Wildman–Crippen MR) is 67.4 cm³/mol. The van der Waals surface area contributed by atoms with Gasteiger partial charge in [-0.25, -0.2) is 0 Å². The molecule has 0 amide bonds. The molecule has 0 saturated heterocycles. The van der Waals surface area contributed by atoms with Gasteiger partial charge in [0.15, 0.2) is 5.75 Å². The molecule has 0 saturated carbocycles. The summed E-state index contributed by atoms with van der Waals surface area (Å²) >= 11 is 0. The van der Waals surface area contributed by atoms with Crippen molar-refractivity contribution in [3.63, 3.8) is 0 Å². The number of ether oxygens (including phenoxy) is 1. The third-order valence-corrected chi connectivity index (χ3v) is 2.75. The molecule has 0 aliphatic heterocycles. The van der Waals surface area contributed by atoms with E-state index in [1.165, 1.54) is 12.4 Å². The molecule has 0 unspecified atom stereocenters. The van der Waals surface area contributed by atoms with Gasteiger partial charge in [0.25, 0.3) is 0 Å². The van der Waals surface area contributed by atoms with Crippen LogP contribution in [-0.2, 0) is 13.1 Å². The highest BCUT2D eigenvalue weighted by atomic mass is 19.4. The molecule has 108 valence electrons. The maximum absolute atomic E-state index is 12.2. The normalized spacial score (nSPS) is 11.7. The number of alkyl halides is 3. The largest absolute Gasteiger partial charge is 0.454 e. The molecule has 2 aromatic rings. The number of rotatable bonds is 4. The van der Waals surface area contributed by atoms with Crippen molar-refractivity contribution in [3.8, 4) is 11.5 Å². The Hall–Kier alpha value is -2.02. The van der Waals surface area contributed by atoms with E-state index >= 15 is 0 Å². The SMILES string of the molecule is Cc1cccc(Oc2cnn(CC(F)(F)F)c2)c1CN. The smallest absolute Gasteiger partial charge is 0.408 e. The Labute approximate surface area is 114 Å². The van der Waals surface area contributed by atoms with Crippen molar-refractivity contribution >= 4 is 0 Å². The predicted octanol–water partition coefficient (Wildman–Crippen LogP) is 3.00. The van der Waals surface area contributed by atoms with Crippen LogP contribution in [0.2, 0.25) is 0 Å². The van der Waals surface area contributed by atoms with E-state index < -0.39 is 12.7 Å². The molecule has 0 fully saturated rings. The third-order valence-electron chi connectivity index (χ3n) is 2.75. The van der Waals surface area contributed by atoms with Crippen LogP contribution in [0, 0.1) is 6.92 Å². The number of halogens is 3. The maximum Gasteiger partial charge on any atom is 0.408 e. The zero-order valence-electron chi connectivity index (χ0n) is 10.8. The summed E-state index contributed by atoms with van der Waals surface area (Å²) in [5, 5.41) is 3.62. The van der Waals surface area contributed by atoms with Crippen molar-refractivity contribution in [2.75, 3.05) is 0 Å². The molecule has 7 heteroatoms. The molecule has 0 aliphatic carbocycles. The molecule has 1 aromatic heterocycles. The maximum atomic E-state index is 12.2. The van der Waals surface area contributed by atoms with Crippen LogP contribution >= 0.6 is 0 Å². The van der Waals surface area contributed by atoms with E-state index in [1.807, 2.05) is 13.0 Å². The summed E-state index contributed by atoms with van der Waals surface area (Å²) in [7, 11) is 0. The lowest BCUT2D eigenvalue weighted by atomic mass is 10.1. The highest BCUT2D eigenvalue weighted by Crippen LogP contribution is 2.27. The first-order chi connectivity index (χ1) is 9.39. The lowest BCUT2D eigenvalue weighted by Gasteiger charge is -2.10. The number of aryl methyl sites for hydroxylation is 1. The fraction of sp³-hybridized carbons (Fsp3) is 0.308. The van der Waals surface area contributed by atoms with Gasteiger partial charge in [0.1, 0.15) is 12.3 Å². The first kappa shape index (κ1) is 14.4. The number of aromatic nitrogens is 2. The summed E-state index contributed by atoms with van der Waals surface area (Å²) < 4.78 is 43.0. The molecule has 2 N–H and O–H groups in total. The highest BCUT2D eigenvalue weighted by Gasteiger charge is 2.28. The van der Waals surface area contributed by atoms with Crippen LogP contribution in [0.3, 0.4) is 0 Å². The molecule has 0 bridgehead atoms. The number of benzene rings is 1. The van der Waals surface area contributed by atoms with Crippen LogP contribution in [0.4, 0.5) is 13.2 Å². The van der Waals surface area contributed by atoms with Gasteiger partial charge < -0.3 is 10.5 Å². The van der Waals surface area contributed by atoms with Gasteiger partial charge >= 0.3 is 6.18 Å². The van der Waals surface area contributed by atoms with Gasteiger partial charge in [-0.2, -0.15) is 18.3 Å². The van der Waals surface area contributed by atoms with E-state index in [-0.39, 0.29) is 5.75 Å². The Kier molecular flexibility index (Phi) is 3.99. The molecule has 0 spiro atoms. The summed E-state index contributed by atoms with van der Waals surface area (Å²) in [5.41, 5.74) is 7.43. The molecule has 1 aromatic carbocycles. The highest BCUT2D eigenvalue weighted by molar-refractivity contribution is 5.41. The monoisotopic (exact) mass is 285 g/mol. The molecule has 0 aliphatic rings. The van der Waals surface area contributed by atoms with E-state index in [2.05, 4.69) is 5.10 Å². The number of nitrogens with two attached hydrogens (primary N) is 1. The van der Waals surface area contributed by atoms with E-state index in [0.29, 0.717) is 12.3 Å². The van der Waals surface area contributed by atoms with Gasteiger partial charge in [0.2, 0.25) is 0 Å². The van der Waals surface area contributed by atoms with Crippen LogP contribution in [0.25, 0.3) is 0 Å². The molecule has 2 rings (SSSR count). The Bertz CT molecular complexity index is 593. The van der Waals surface area contributed by atoms with Gasteiger partial charge in [-0.05, 0) is 18.6 Å². The van der Waals surface area contributed by atoms with Crippen LogP contribution in [0.1, 0.15) is 11.1 Å². The molecule has 20 heavy (non-hydrogen) atoms. The topological polar surface area (TPSA) is 53.1 Å². The lowest BCUT2D eigenvalue weighted by Crippen LogP contribution is -2.17. The van der Waals surface area contributed by atoms with E-state index in [1.54, 1.807) is 12.1 Å².